The van der Waals surface area contributed by atoms with Crippen molar-refractivity contribution in [3.63, 3.8) is 0 Å². The molecule has 6 nitrogen and oxygen atoms in total. The van der Waals surface area contributed by atoms with Gasteiger partial charge in [0.05, 0.1) is 12.0 Å². The van der Waals surface area contributed by atoms with Crippen LogP contribution in [-0.2, 0) is 4.79 Å². The first-order valence-electron chi connectivity index (χ1n) is 7.62. The standard InChI is InChI=1S/C14H22N4O2/c1-2-12(19)18-8-4-5-10(9-18)13-16-17-14(20-13)11-6-3-7-15-11/h10-11,15H,2-9H2,1H3. The smallest absolute Gasteiger partial charge is 0.233 e. The summed E-state index contributed by atoms with van der Waals surface area (Å²) in [6, 6.07) is 0.216. The van der Waals surface area contributed by atoms with Crippen molar-refractivity contribution in [1.29, 1.82) is 0 Å². The Labute approximate surface area is 118 Å². The van der Waals surface area contributed by atoms with E-state index < -0.39 is 0 Å². The molecule has 2 unspecified atom stereocenters. The Hall–Kier alpha value is -1.43. The van der Waals surface area contributed by atoms with E-state index in [-0.39, 0.29) is 17.9 Å². The van der Waals surface area contributed by atoms with Crippen molar-refractivity contribution >= 4 is 5.91 Å². The number of piperidine rings is 1. The quantitative estimate of drug-likeness (QED) is 0.909. The minimum atomic E-state index is 0.196. The topological polar surface area (TPSA) is 71.3 Å². The van der Waals surface area contributed by atoms with Gasteiger partial charge in [-0.25, -0.2) is 0 Å². The lowest BCUT2D eigenvalue weighted by molar-refractivity contribution is -0.132. The molecule has 1 aromatic heterocycles. The zero-order valence-electron chi connectivity index (χ0n) is 12.0. The van der Waals surface area contributed by atoms with Crippen LogP contribution < -0.4 is 5.32 Å². The second-order valence-corrected chi connectivity index (χ2v) is 5.66. The first-order valence-corrected chi connectivity index (χ1v) is 7.62. The lowest BCUT2D eigenvalue weighted by Gasteiger charge is -2.30. The normalized spacial score (nSPS) is 26.9. The lowest BCUT2D eigenvalue weighted by atomic mass is 9.98. The van der Waals surface area contributed by atoms with Crippen molar-refractivity contribution in [2.24, 2.45) is 0 Å². The highest BCUT2D eigenvalue weighted by Crippen LogP contribution is 2.29. The Balaban J connectivity index is 1.67. The summed E-state index contributed by atoms with van der Waals surface area (Å²) < 4.78 is 5.85. The van der Waals surface area contributed by atoms with Crippen LogP contribution in [0.25, 0.3) is 0 Å². The van der Waals surface area contributed by atoms with Gasteiger partial charge in [-0.05, 0) is 32.2 Å². The molecule has 0 radical (unpaired) electrons. The number of nitrogens with one attached hydrogen (secondary N) is 1. The van der Waals surface area contributed by atoms with Gasteiger partial charge in [0.1, 0.15) is 0 Å². The zero-order chi connectivity index (χ0) is 13.9. The van der Waals surface area contributed by atoms with Crippen LogP contribution in [0.15, 0.2) is 4.42 Å². The van der Waals surface area contributed by atoms with E-state index in [1.807, 2.05) is 11.8 Å². The third-order valence-electron chi connectivity index (χ3n) is 4.24. The van der Waals surface area contributed by atoms with Crippen LogP contribution in [0.5, 0.6) is 0 Å². The van der Waals surface area contributed by atoms with Crippen molar-refractivity contribution < 1.29 is 9.21 Å². The Morgan fingerprint density at radius 2 is 2.20 bits per heavy atom. The maximum atomic E-state index is 11.8. The molecule has 1 aromatic rings. The molecule has 2 saturated heterocycles. The Morgan fingerprint density at radius 1 is 1.35 bits per heavy atom. The van der Waals surface area contributed by atoms with Gasteiger partial charge in [0.15, 0.2) is 0 Å². The van der Waals surface area contributed by atoms with E-state index in [1.54, 1.807) is 0 Å². The Bertz CT molecular complexity index is 467. The predicted octanol–water partition coefficient (Wildman–Crippen LogP) is 1.61. The lowest BCUT2D eigenvalue weighted by Crippen LogP contribution is -2.38. The van der Waals surface area contributed by atoms with Crippen LogP contribution in [0, 0.1) is 0 Å². The molecular weight excluding hydrogens is 256 g/mol. The molecule has 20 heavy (non-hydrogen) atoms. The number of carbonyl (C=O) groups is 1. The van der Waals surface area contributed by atoms with E-state index in [0.717, 1.165) is 38.8 Å². The molecule has 3 heterocycles. The number of likely N-dealkylation sites (tertiary alicyclic amines) is 1. The predicted molar refractivity (Wildman–Crippen MR) is 73.1 cm³/mol. The Kier molecular flexibility index (Phi) is 4.00. The minimum absolute atomic E-state index is 0.196. The molecule has 2 aliphatic rings. The molecule has 0 spiro atoms. The van der Waals surface area contributed by atoms with Crippen LogP contribution >= 0.6 is 0 Å². The van der Waals surface area contributed by atoms with E-state index in [1.165, 1.54) is 0 Å². The molecule has 110 valence electrons. The van der Waals surface area contributed by atoms with Gasteiger partial charge < -0.3 is 14.6 Å². The van der Waals surface area contributed by atoms with Gasteiger partial charge in [-0.1, -0.05) is 6.92 Å². The van der Waals surface area contributed by atoms with E-state index in [9.17, 15) is 4.79 Å². The Morgan fingerprint density at radius 3 is 2.95 bits per heavy atom. The molecular formula is C14H22N4O2. The van der Waals surface area contributed by atoms with E-state index in [2.05, 4.69) is 15.5 Å². The van der Waals surface area contributed by atoms with Gasteiger partial charge in [0.2, 0.25) is 17.7 Å². The minimum Gasteiger partial charge on any atom is -0.423 e. The van der Waals surface area contributed by atoms with Crippen molar-refractivity contribution in [1.82, 2.24) is 20.4 Å². The van der Waals surface area contributed by atoms with E-state index in [4.69, 9.17) is 4.42 Å². The van der Waals surface area contributed by atoms with Crippen molar-refractivity contribution in [2.45, 2.75) is 51.0 Å². The van der Waals surface area contributed by atoms with Gasteiger partial charge in [0, 0.05) is 19.5 Å². The first-order chi connectivity index (χ1) is 9.78. The maximum Gasteiger partial charge on any atom is 0.233 e. The maximum absolute atomic E-state index is 11.8. The third-order valence-corrected chi connectivity index (χ3v) is 4.24. The average molecular weight is 278 g/mol. The SMILES string of the molecule is CCC(=O)N1CCCC(c2nnc(C3CCCN3)o2)C1. The van der Waals surface area contributed by atoms with Gasteiger partial charge in [-0.2, -0.15) is 0 Å². The van der Waals surface area contributed by atoms with E-state index in [0.29, 0.717) is 24.7 Å². The number of nitrogens with zero attached hydrogens (tertiary/aromatic N) is 3. The fourth-order valence-electron chi connectivity index (χ4n) is 3.08. The van der Waals surface area contributed by atoms with Crippen LogP contribution in [0.3, 0.4) is 0 Å². The highest BCUT2D eigenvalue weighted by molar-refractivity contribution is 5.75. The van der Waals surface area contributed by atoms with Crippen LogP contribution in [0.1, 0.15) is 62.8 Å². The molecule has 3 rings (SSSR count). The largest absolute Gasteiger partial charge is 0.423 e. The summed E-state index contributed by atoms with van der Waals surface area (Å²) in [5, 5.41) is 11.8. The number of carbonyl (C=O) groups excluding carboxylic acids is 1. The second kappa shape index (κ2) is 5.91. The number of hydrogen-bond donors (Lipinski definition) is 1. The van der Waals surface area contributed by atoms with Crippen LogP contribution in [-0.4, -0.2) is 40.6 Å². The summed E-state index contributed by atoms with van der Waals surface area (Å²) in [6.45, 7) is 4.49. The van der Waals surface area contributed by atoms with Gasteiger partial charge >= 0.3 is 0 Å². The highest BCUT2D eigenvalue weighted by atomic mass is 16.4. The first kappa shape index (κ1) is 13.5. The van der Waals surface area contributed by atoms with Gasteiger partial charge in [0.25, 0.3) is 0 Å². The number of hydrogen-bond acceptors (Lipinski definition) is 5. The zero-order valence-corrected chi connectivity index (χ0v) is 12.0. The molecule has 1 amide bonds. The van der Waals surface area contributed by atoms with Crippen molar-refractivity contribution in [2.75, 3.05) is 19.6 Å². The summed E-state index contributed by atoms with van der Waals surface area (Å²) in [6.07, 6.45) is 4.81. The monoisotopic (exact) mass is 278 g/mol. The molecule has 6 heteroatoms. The van der Waals surface area contributed by atoms with Gasteiger partial charge in [-0.3, -0.25) is 4.79 Å². The molecule has 2 aliphatic heterocycles. The van der Waals surface area contributed by atoms with Crippen molar-refractivity contribution in [3.8, 4) is 0 Å². The summed E-state index contributed by atoms with van der Waals surface area (Å²) in [5.74, 6) is 1.81. The summed E-state index contributed by atoms with van der Waals surface area (Å²) in [5.41, 5.74) is 0. The van der Waals surface area contributed by atoms with Crippen LogP contribution in [0.4, 0.5) is 0 Å². The number of rotatable bonds is 3. The fourth-order valence-corrected chi connectivity index (χ4v) is 3.08. The van der Waals surface area contributed by atoms with Crippen LogP contribution in [0.2, 0.25) is 0 Å². The molecule has 1 N–H and O–H groups in total. The molecule has 0 saturated carbocycles. The molecule has 0 bridgehead atoms. The second-order valence-electron chi connectivity index (χ2n) is 5.66. The average Bonchev–Trinajstić information content (AvgIpc) is 3.17. The van der Waals surface area contributed by atoms with Gasteiger partial charge in [-0.15, -0.1) is 10.2 Å². The molecule has 2 fully saturated rings. The third kappa shape index (κ3) is 2.70. The molecule has 0 aliphatic carbocycles. The summed E-state index contributed by atoms with van der Waals surface area (Å²) in [7, 11) is 0. The molecule has 0 aromatic carbocycles. The molecule has 2 atom stereocenters. The summed E-state index contributed by atoms with van der Waals surface area (Å²) >= 11 is 0. The summed E-state index contributed by atoms with van der Waals surface area (Å²) in [4.78, 5) is 13.7. The number of amides is 1. The highest BCUT2D eigenvalue weighted by Gasteiger charge is 2.29. The fraction of sp³-hybridized carbons (Fsp3) is 0.786. The number of aromatic nitrogens is 2. The van der Waals surface area contributed by atoms with Crippen molar-refractivity contribution in [3.05, 3.63) is 11.8 Å². The van der Waals surface area contributed by atoms with E-state index >= 15 is 0 Å².